The number of aromatic amines is 1. The molecule has 3 fully saturated rings. The number of nitrogens with zero attached hydrogens (tertiary/aromatic N) is 6. The van der Waals surface area contributed by atoms with E-state index in [-0.39, 0.29) is 30.4 Å². The Kier molecular flexibility index (Phi) is 13.9. The number of hydrogen-bond donors (Lipinski definition) is 2. The first-order chi connectivity index (χ1) is 28.5. The maximum absolute atomic E-state index is 14.3. The maximum Gasteiger partial charge on any atom is 0.417 e. The number of esters is 1. The van der Waals surface area contributed by atoms with Crippen LogP contribution in [-0.2, 0) is 31.9 Å². The summed E-state index contributed by atoms with van der Waals surface area (Å²) < 4.78 is 16.9. The minimum absolute atomic E-state index is 0.0214. The van der Waals surface area contributed by atoms with Crippen LogP contribution in [0.25, 0.3) is 11.1 Å². The number of rotatable bonds is 13. The van der Waals surface area contributed by atoms with Gasteiger partial charge in [0.2, 0.25) is 0 Å². The van der Waals surface area contributed by atoms with Crippen LogP contribution in [0.3, 0.4) is 0 Å². The summed E-state index contributed by atoms with van der Waals surface area (Å²) in [6.07, 6.45) is 3.68. The van der Waals surface area contributed by atoms with Gasteiger partial charge in [0, 0.05) is 83.1 Å². The number of amides is 4. The van der Waals surface area contributed by atoms with E-state index >= 15 is 0 Å². The van der Waals surface area contributed by atoms with Gasteiger partial charge in [0.05, 0.1) is 18.5 Å². The predicted octanol–water partition coefficient (Wildman–Crippen LogP) is 3.53. The minimum Gasteiger partial charge on any atom is -0.466 e. The van der Waals surface area contributed by atoms with E-state index in [1.165, 1.54) is 0 Å². The number of hydrogen-bond acceptors (Lipinski definition) is 11. The van der Waals surface area contributed by atoms with Gasteiger partial charge in [0.15, 0.2) is 11.7 Å². The topological polar surface area (TPSA) is 164 Å². The molecule has 3 aromatic rings. The quantitative estimate of drug-likeness (QED) is 0.192. The second-order valence-electron chi connectivity index (χ2n) is 16.7. The highest BCUT2D eigenvalue weighted by Crippen LogP contribution is 2.26. The average Bonchev–Trinajstić information content (AvgIpc) is 3.53. The fourth-order valence-electron chi connectivity index (χ4n) is 9.01. The summed E-state index contributed by atoms with van der Waals surface area (Å²) in [6.45, 7) is 9.62. The fourth-order valence-corrected chi connectivity index (χ4v) is 9.01. The molecule has 0 radical (unpaired) electrons. The lowest BCUT2D eigenvalue weighted by molar-refractivity contribution is -0.145. The predicted molar refractivity (Wildman–Crippen MR) is 222 cm³/mol. The van der Waals surface area contributed by atoms with Crippen LogP contribution in [0.2, 0.25) is 0 Å². The van der Waals surface area contributed by atoms with Crippen LogP contribution in [0.5, 0.6) is 0 Å². The number of H-pyrrole nitrogens is 1. The molecule has 2 N–H and O–H groups in total. The molecule has 0 bridgehead atoms. The standard InChI is InChI=1S/C43H60N8O8/c1-30-27-31(28-36-39(30)45-42(55)58-36)29-37(59-43(56)50-19-12-34(13-20-50)51-21-9-32-7-4-5-8-35(32)44-41(51)54)40(53)49-24-22-48(23-25-49)33-10-16-47(17-11-33)18-14-38(52)57-26-6-15-46(2)3/h4-5,7-8,27-28,33-34,37H,6,9-26,29H2,1-3H3,(H,44,54)(H,45,55)/t37-/m1/s1. The van der Waals surface area contributed by atoms with Crippen molar-refractivity contribution in [2.75, 3.05) is 98.0 Å². The zero-order valence-corrected chi connectivity index (χ0v) is 34.8. The maximum atomic E-state index is 14.3. The molecule has 3 saturated heterocycles. The molecule has 7 rings (SSSR count). The normalized spacial score (nSPS) is 19.4. The number of fused-ring (bicyclic) bond motifs is 2. The number of para-hydroxylation sites is 1. The van der Waals surface area contributed by atoms with Crippen LogP contribution in [0.4, 0.5) is 15.3 Å². The number of piperazine rings is 1. The first kappa shape index (κ1) is 42.2. The van der Waals surface area contributed by atoms with E-state index in [1.54, 1.807) is 15.9 Å². The first-order valence-electron chi connectivity index (χ1n) is 21.3. The molecule has 4 aliphatic heterocycles. The average molecular weight is 817 g/mol. The van der Waals surface area contributed by atoms with Crippen molar-refractivity contribution in [1.29, 1.82) is 0 Å². The number of aryl methyl sites for hydroxylation is 1. The lowest BCUT2D eigenvalue weighted by Crippen LogP contribution is -2.56. The van der Waals surface area contributed by atoms with Gasteiger partial charge in [-0.05, 0) is 101 Å². The van der Waals surface area contributed by atoms with Crippen molar-refractivity contribution in [2.45, 2.75) is 76.5 Å². The van der Waals surface area contributed by atoms with Crippen LogP contribution in [0, 0.1) is 6.92 Å². The largest absolute Gasteiger partial charge is 0.466 e. The number of oxazole rings is 1. The van der Waals surface area contributed by atoms with Crippen molar-refractivity contribution in [3.63, 3.8) is 0 Å². The molecule has 1 aromatic heterocycles. The second-order valence-corrected chi connectivity index (χ2v) is 16.7. The number of carbonyl (C=O) groups excluding carboxylic acids is 4. The molecule has 0 unspecified atom stereocenters. The Labute approximate surface area is 345 Å². The third-order valence-corrected chi connectivity index (χ3v) is 12.4. The van der Waals surface area contributed by atoms with E-state index in [0.717, 1.165) is 80.8 Å². The third-order valence-electron chi connectivity index (χ3n) is 12.4. The summed E-state index contributed by atoms with van der Waals surface area (Å²) in [4.78, 5) is 80.4. The summed E-state index contributed by atoms with van der Waals surface area (Å²) in [6, 6.07) is 11.7. The van der Waals surface area contributed by atoms with Crippen molar-refractivity contribution in [2.24, 2.45) is 0 Å². The van der Waals surface area contributed by atoms with E-state index in [1.807, 2.05) is 56.3 Å². The summed E-state index contributed by atoms with van der Waals surface area (Å²) in [5.74, 6) is -0.942. The van der Waals surface area contributed by atoms with Crippen LogP contribution in [0.15, 0.2) is 45.6 Å². The molecule has 0 saturated carbocycles. The van der Waals surface area contributed by atoms with Gasteiger partial charge >= 0.3 is 23.8 Å². The van der Waals surface area contributed by atoms with Crippen LogP contribution >= 0.6 is 0 Å². The first-order valence-corrected chi connectivity index (χ1v) is 21.3. The molecule has 0 spiro atoms. The number of urea groups is 1. The van der Waals surface area contributed by atoms with Crippen molar-refractivity contribution >= 4 is 40.8 Å². The van der Waals surface area contributed by atoms with Crippen molar-refractivity contribution in [3.05, 3.63) is 63.6 Å². The van der Waals surface area contributed by atoms with Gasteiger partial charge in [-0.1, -0.05) is 24.3 Å². The molecular weight excluding hydrogens is 757 g/mol. The van der Waals surface area contributed by atoms with Crippen molar-refractivity contribution in [3.8, 4) is 0 Å². The van der Waals surface area contributed by atoms with Gasteiger partial charge in [-0.3, -0.25) is 19.5 Å². The molecule has 4 aliphatic rings. The third kappa shape index (κ3) is 10.8. The summed E-state index contributed by atoms with van der Waals surface area (Å²) in [5.41, 5.74) is 4.44. The lowest BCUT2D eigenvalue weighted by Gasteiger charge is -2.43. The monoisotopic (exact) mass is 816 g/mol. The highest BCUT2D eigenvalue weighted by Gasteiger charge is 2.36. The summed E-state index contributed by atoms with van der Waals surface area (Å²) in [7, 11) is 4.01. The van der Waals surface area contributed by atoms with Gasteiger partial charge in [-0.2, -0.15) is 0 Å². The van der Waals surface area contributed by atoms with E-state index in [2.05, 4.69) is 25.0 Å². The van der Waals surface area contributed by atoms with Gasteiger partial charge in [-0.15, -0.1) is 0 Å². The highest BCUT2D eigenvalue weighted by atomic mass is 16.6. The minimum atomic E-state index is -1.08. The number of carbonyl (C=O) groups is 4. The number of ether oxygens (including phenoxy) is 2. The second kappa shape index (κ2) is 19.4. The van der Waals surface area contributed by atoms with E-state index in [4.69, 9.17) is 13.9 Å². The molecule has 16 nitrogen and oxygen atoms in total. The number of nitrogens with one attached hydrogen (secondary N) is 2. The van der Waals surface area contributed by atoms with E-state index in [9.17, 15) is 24.0 Å². The van der Waals surface area contributed by atoms with Crippen molar-refractivity contribution in [1.82, 2.24) is 34.4 Å². The molecule has 59 heavy (non-hydrogen) atoms. The molecule has 1 atom stereocenters. The molecule has 2 aromatic carbocycles. The van der Waals surface area contributed by atoms with Gasteiger partial charge in [0.25, 0.3) is 5.91 Å². The Morgan fingerprint density at radius 2 is 1.63 bits per heavy atom. The molecule has 4 amide bonds. The van der Waals surface area contributed by atoms with E-state index < -0.39 is 18.0 Å². The number of aromatic nitrogens is 1. The molecule has 0 aliphatic carbocycles. The van der Waals surface area contributed by atoms with E-state index in [0.29, 0.717) is 82.3 Å². The van der Waals surface area contributed by atoms with Gasteiger partial charge in [0.1, 0.15) is 0 Å². The SMILES string of the molecule is Cc1cc(C[C@@H](OC(=O)N2CCC(N3CCc4ccccc4NC3=O)CC2)C(=O)N2CCN(C3CCN(CCC(=O)OCCCN(C)C)CC3)CC2)cc2oc(=O)[nH]c12. The number of likely N-dealkylation sites (tertiary alicyclic amines) is 2. The highest BCUT2D eigenvalue weighted by molar-refractivity contribution is 5.91. The lowest BCUT2D eigenvalue weighted by atomic mass is 10.0. The van der Waals surface area contributed by atoms with Crippen molar-refractivity contribution < 1.29 is 33.1 Å². The zero-order chi connectivity index (χ0) is 41.5. The number of anilines is 1. The van der Waals surface area contributed by atoms with Crippen LogP contribution in [-0.4, -0.2) is 169 Å². The molecular formula is C43H60N8O8. The fraction of sp³-hybridized carbons (Fsp3) is 0.605. The number of piperidine rings is 2. The molecule has 16 heteroatoms. The van der Waals surface area contributed by atoms with Gasteiger partial charge in [-0.25, -0.2) is 14.4 Å². The summed E-state index contributed by atoms with van der Waals surface area (Å²) in [5, 5.41) is 3.05. The Morgan fingerprint density at radius 3 is 2.37 bits per heavy atom. The Morgan fingerprint density at radius 1 is 0.898 bits per heavy atom. The Balaban J connectivity index is 0.921. The van der Waals surface area contributed by atoms with Crippen LogP contribution in [0.1, 0.15) is 55.2 Å². The zero-order valence-electron chi connectivity index (χ0n) is 34.8. The molecule has 5 heterocycles. The Hall–Kier alpha value is -4.93. The summed E-state index contributed by atoms with van der Waals surface area (Å²) >= 11 is 0. The van der Waals surface area contributed by atoms with Gasteiger partial charge < -0.3 is 43.7 Å². The molecule has 320 valence electrons. The number of benzene rings is 2. The smallest absolute Gasteiger partial charge is 0.417 e. The van der Waals surface area contributed by atoms with Crippen LogP contribution < -0.4 is 11.1 Å². The Bertz CT molecular complexity index is 1990.